The molecule has 0 saturated carbocycles. The first kappa shape index (κ1) is 19.2. The fourth-order valence-corrected chi connectivity index (χ4v) is 3.52. The van der Waals surface area contributed by atoms with Crippen LogP contribution in [0, 0.1) is 0 Å². The second-order valence-electron chi connectivity index (χ2n) is 5.57. The van der Waals surface area contributed by atoms with Gasteiger partial charge in [-0.3, -0.25) is 9.98 Å². The van der Waals surface area contributed by atoms with Crippen molar-refractivity contribution in [3.05, 3.63) is 61.7 Å². The summed E-state index contributed by atoms with van der Waals surface area (Å²) in [4.78, 5) is 17.1. The van der Waals surface area contributed by atoms with Crippen molar-refractivity contribution in [2.24, 2.45) is 17.0 Å². The summed E-state index contributed by atoms with van der Waals surface area (Å²) in [5.74, 6) is 0.500. The highest BCUT2D eigenvalue weighted by Crippen LogP contribution is 2.31. The van der Waals surface area contributed by atoms with Gasteiger partial charge in [0.25, 0.3) is 0 Å². The summed E-state index contributed by atoms with van der Waals surface area (Å²) < 4.78 is 2.03. The molecular weight excluding hydrogens is 370 g/mol. The van der Waals surface area contributed by atoms with E-state index in [0.29, 0.717) is 11.5 Å². The minimum Gasteiger partial charge on any atom is -0.350 e. The molecule has 0 aliphatic carbocycles. The highest BCUT2D eigenvalue weighted by Gasteiger charge is 2.17. The molecule has 7 nitrogen and oxygen atoms in total. The lowest BCUT2D eigenvalue weighted by Gasteiger charge is -2.05. The van der Waals surface area contributed by atoms with E-state index in [1.54, 1.807) is 19.4 Å². The molecule has 0 spiro atoms. The predicted molar refractivity (Wildman–Crippen MR) is 116 cm³/mol. The van der Waals surface area contributed by atoms with Crippen LogP contribution < -0.4 is 0 Å². The molecule has 0 aliphatic heterocycles. The second kappa shape index (κ2) is 8.45. The van der Waals surface area contributed by atoms with Gasteiger partial charge < -0.3 is 4.57 Å². The van der Waals surface area contributed by atoms with Crippen molar-refractivity contribution in [3.8, 4) is 21.3 Å². The van der Waals surface area contributed by atoms with Gasteiger partial charge in [-0.15, -0.1) is 23.4 Å². The van der Waals surface area contributed by atoms with Gasteiger partial charge in [0.1, 0.15) is 16.4 Å². The van der Waals surface area contributed by atoms with E-state index in [1.807, 2.05) is 42.1 Å². The van der Waals surface area contributed by atoms with Gasteiger partial charge in [0.2, 0.25) is 0 Å². The summed E-state index contributed by atoms with van der Waals surface area (Å²) in [5.41, 5.74) is 3.37. The van der Waals surface area contributed by atoms with Crippen LogP contribution in [0.15, 0.2) is 66.0 Å². The summed E-state index contributed by atoms with van der Waals surface area (Å²) in [6, 6.07) is 7.84. The lowest BCUT2D eigenvalue weighted by molar-refractivity contribution is 0.968. The Balaban J connectivity index is 0.00000109. The van der Waals surface area contributed by atoms with Crippen LogP contribution in [0.2, 0.25) is 0 Å². The first-order valence-corrected chi connectivity index (χ1v) is 9.17. The van der Waals surface area contributed by atoms with Gasteiger partial charge in [0.05, 0.1) is 5.52 Å². The molecule has 4 heterocycles. The largest absolute Gasteiger partial charge is 0.350 e. The zero-order chi connectivity index (χ0) is 20.1. The SMILES string of the molecule is C=C.C=NC(=NC)c1nc(-c2nnc(-c3cccnc3)s2)cc2c1ccn2C. The van der Waals surface area contributed by atoms with E-state index in [0.717, 1.165) is 32.2 Å². The summed E-state index contributed by atoms with van der Waals surface area (Å²) in [7, 11) is 3.67. The third-order valence-corrected chi connectivity index (χ3v) is 5.00. The van der Waals surface area contributed by atoms with Crippen molar-refractivity contribution in [2.75, 3.05) is 7.05 Å². The van der Waals surface area contributed by atoms with Crippen molar-refractivity contribution in [1.82, 2.24) is 24.7 Å². The number of rotatable bonds is 3. The van der Waals surface area contributed by atoms with Crippen molar-refractivity contribution >= 4 is 34.8 Å². The molecule has 28 heavy (non-hydrogen) atoms. The third-order valence-electron chi connectivity index (χ3n) is 4.01. The highest BCUT2D eigenvalue weighted by molar-refractivity contribution is 7.17. The van der Waals surface area contributed by atoms with E-state index in [1.165, 1.54) is 11.3 Å². The van der Waals surface area contributed by atoms with Gasteiger partial charge in [0.15, 0.2) is 10.8 Å². The number of amidine groups is 1. The average molecular weight is 389 g/mol. The molecule has 140 valence electrons. The number of aryl methyl sites for hydroxylation is 1. The van der Waals surface area contributed by atoms with Crippen LogP contribution >= 0.6 is 11.3 Å². The Hall–Kier alpha value is -3.52. The van der Waals surface area contributed by atoms with Crippen molar-refractivity contribution in [1.29, 1.82) is 0 Å². The van der Waals surface area contributed by atoms with Gasteiger partial charge in [-0.05, 0) is 31.0 Å². The molecule has 0 saturated heterocycles. The van der Waals surface area contributed by atoms with Crippen LogP contribution in [-0.4, -0.2) is 44.3 Å². The molecule has 4 aromatic heterocycles. The van der Waals surface area contributed by atoms with Crippen LogP contribution in [0.1, 0.15) is 5.69 Å². The van der Waals surface area contributed by atoms with E-state index >= 15 is 0 Å². The molecule has 0 atom stereocenters. The predicted octanol–water partition coefficient (Wildman–Crippen LogP) is 4.03. The average Bonchev–Trinajstić information content (AvgIpc) is 3.39. The van der Waals surface area contributed by atoms with E-state index in [2.05, 4.69) is 45.0 Å². The van der Waals surface area contributed by atoms with Crippen molar-refractivity contribution in [2.45, 2.75) is 0 Å². The second-order valence-corrected chi connectivity index (χ2v) is 6.55. The van der Waals surface area contributed by atoms with E-state index in [4.69, 9.17) is 4.98 Å². The number of hydrogen-bond donors (Lipinski definition) is 0. The molecule has 0 bridgehead atoms. The molecule has 0 unspecified atom stereocenters. The third kappa shape index (κ3) is 3.49. The van der Waals surface area contributed by atoms with Gasteiger partial charge >= 0.3 is 0 Å². The Morgan fingerprint density at radius 2 is 1.96 bits per heavy atom. The lowest BCUT2D eigenvalue weighted by atomic mass is 10.2. The first-order valence-electron chi connectivity index (χ1n) is 8.35. The summed E-state index contributed by atoms with van der Waals surface area (Å²) in [5, 5.41) is 11.1. The Bertz CT molecular complexity index is 1140. The number of aromatic nitrogens is 5. The molecule has 4 rings (SSSR count). The number of hydrogen-bond acceptors (Lipinski definition) is 6. The van der Waals surface area contributed by atoms with E-state index < -0.39 is 0 Å². The minimum absolute atomic E-state index is 0.500. The molecule has 0 N–H and O–H groups in total. The highest BCUT2D eigenvalue weighted by atomic mass is 32.1. The monoisotopic (exact) mass is 389 g/mol. The number of aliphatic imine (C=N–C) groups is 2. The molecule has 0 aliphatic rings. The van der Waals surface area contributed by atoms with Gasteiger partial charge in [-0.2, -0.15) is 0 Å². The smallest absolute Gasteiger partial charge is 0.173 e. The quantitative estimate of drug-likeness (QED) is 0.301. The molecule has 0 amide bonds. The zero-order valence-corrected chi connectivity index (χ0v) is 16.5. The topological polar surface area (TPSA) is 81.2 Å². The molecule has 4 aromatic rings. The summed E-state index contributed by atoms with van der Waals surface area (Å²) in [6.07, 6.45) is 5.49. The molecule has 0 aromatic carbocycles. The molecular formula is C20H19N7S. The normalized spacial score (nSPS) is 11.1. The van der Waals surface area contributed by atoms with Crippen LogP contribution in [0.4, 0.5) is 0 Å². The molecule has 0 radical (unpaired) electrons. The maximum absolute atomic E-state index is 4.75. The molecule has 0 fully saturated rings. The van der Waals surface area contributed by atoms with Gasteiger partial charge in [0, 0.05) is 43.6 Å². The van der Waals surface area contributed by atoms with Crippen LogP contribution in [0.3, 0.4) is 0 Å². The Morgan fingerprint density at radius 1 is 1.18 bits per heavy atom. The number of pyridine rings is 2. The molecule has 8 heteroatoms. The van der Waals surface area contributed by atoms with Crippen LogP contribution in [0.5, 0.6) is 0 Å². The Kier molecular flexibility index (Phi) is 5.81. The first-order chi connectivity index (χ1) is 13.7. The summed E-state index contributed by atoms with van der Waals surface area (Å²) >= 11 is 1.47. The fraction of sp³-hybridized carbons (Fsp3) is 0.100. The lowest BCUT2D eigenvalue weighted by Crippen LogP contribution is -2.03. The van der Waals surface area contributed by atoms with Crippen molar-refractivity contribution < 1.29 is 0 Å². The van der Waals surface area contributed by atoms with Crippen LogP contribution in [-0.2, 0) is 7.05 Å². The van der Waals surface area contributed by atoms with E-state index in [9.17, 15) is 0 Å². The van der Waals surface area contributed by atoms with E-state index in [-0.39, 0.29) is 0 Å². The number of fused-ring (bicyclic) bond motifs is 1. The number of nitrogens with zero attached hydrogens (tertiary/aromatic N) is 7. The maximum atomic E-state index is 4.75. The standard InChI is InChI=1S/C18H15N7S.C2H4/c1-19-16(20-2)15-12-6-8-25(3)14(12)9-13(22-15)18-24-23-17(26-18)11-5-4-7-21-10-11;1-2/h4-10H,1H2,2-3H3;1-2H2. The van der Waals surface area contributed by atoms with Crippen LogP contribution in [0.25, 0.3) is 32.2 Å². The van der Waals surface area contributed by atoms with Crippen molar-refractivity contribution in [3.63, 3.8) is 0 Å². The minimum atomic E-state index is 0.500. The Labute approximate surface area is 166 Å². The van der Waals surface area contributed by atoms with Gasteiger partial charge in [-0.1, -0.05) is 11.3 Å². The zero-order valence-electron chi connectivity index (χ0n) is 15.7. The van der Waals surface area contributed by atoms with Gasteiger partial charge in [-0.25, -0.2) is 9.98 Å². The summed E-state index contributed by atoms with van der Waals surface area (Å²) in [6.45, 7) is 9.61. The maximum Gasteiger partial charge on any atom is 0.173 e. The Morgan fingerprint density at radius 3 is 2.64 bits per heavy atom. The fourth-order valence-electron chi connectivity index (χ4n) is 2.73.